The molecule has 0 aromatic heterocycles. The molecule has 2 heterocycles. The van der Waals surface area contributed by atoms with Gasteiger partial charge in [-0.3, -0.25) is 9.78 Å². The van der Waals surface area contributed by atoms with Crippen molar-refractivity contribution in [2.45, 2.75) is 197 Å². The normalized spacial score (nSPS) is 19.7. The van der Waals surface area contributed by atoms with E-state index in [1.54, 1.807) is 0 Å². The first-order chi connectivity index (χ1) is 27.5. The lowest BCUT2D eigenvalue weighted by Gasteiger charge is -2.37. The lowest BCUT2D eigenvalue weighted by Crippen LogP contribution is -2.36. The second-order valence-corrected chi connectivity index (χ2v) is 18.7. The molecule has 0 aliphatic carbocycles. The molecule has 0 radical (unpaired) electrons. The van der Waals surface area contributed by atoms with Gasteiger partial charge in [0.1, 0.15) is 22.7 Å². The Hall–Kier alpha value is -3.92. The van der Waals surface area contributed by atoms with Crippen LogP contribution >= 0.6 is 0 Å². The minimum atomic E-state index is -0.175. The van der Waals surface area contributed by atoms with Crippen molar-refractivity contribution in [2.75, 3.05) is 0 Å². The molecule has 0 saturated carbocycles. The molecular weight excluding hydrogens is 713 g/mol. The standard InChI is InChI=1S/C54H78O4/c1-39(2)19-13-21-41(5)23-15-25-43(7)27-17-31-53(11)33-29-47-37-49(35-45(9)51(47)55-53)57-58-50-36-46(10)52-48(38-50)30-34-54(12,56-52)32-18-28-44(8)26-16-24-42(6)22-14-20-40(3)4/h19-20,23-24,27-28,35-38H,13-18,21-22,25-26,29-34H2,1-12H3/b41-23+,42-24+,43-27+,44-28+/t53-,54-/m1/s1. The molecule has 4 nitrogen and oxygen atoms in total. The summed E-state index contributed by atoms with van der Waals surface area (Å²) in [6.45, 7) is 26.5. The number of allylic oxidation sites excluding steroid dienone is 12. The molecule has 0 saturated heterocycles. The van der Waals surface area contributed by atoms with E-state index in [0.717, 1.165) is 125 Å². The fourth-order valence-electron chi connectivity index (χ4n) is 8.15. The third-order valence-corrected chi connectivity index (χ3v) is 12.0. The van der Waals surface area contributed by atoms with Crippen molar-refractivity contribution in [3.63, 3.8) is 0 Å². The zero-order chi connectivity index (χ0) is 42.3. The molecule has 2 aliphatic rings. The molecule has 4 rings (SSSR count). The zero-order valence-corrected chi connectivity index (χ0v) is 38.7. The van der Waals surface area contributed by atoms with Gasteiger partial charge in [0.2, 0.25) is 0 Å². The van der Waals surface area contributed by atoms with E-state index in [9.17, 15) is 0 Å². The van der Waals surface area contributed by atoms with Crippen LogP contribution in [0, 0.1) is 13.8 Å². The Morgan fingerprint density at radius 2 is 0.828 bits per heavy atom. The van der Waals surface area contributed by atoms with E-state index in [4.69, 9.17) is 19.2 Å². The van der Waals surface area contributed by atoms with Crippen LogP contribution in [0.5, 0.6) is 23.0 Å². The first-order valence-electron chi connectivity index (χ1n) is 22.4. The third-order valence-electron chi connectivity index (χ3n) is 12.0. The molecule has 58 heavy (non-hydrogen) atoms. The van der Waals surface area contributed by atoms with Gasteiger partial charge in [-0.25, -0.2) is 0 Å². The largest absolute Gasteiger partial charge is 0.487 e. The first kappa shape index (κ1) is 46.8. The van der Waals surface area contributed by atoms with E-state index >= 15 is 0 Å². The molecular formula is C54H78O4. The molecule has 2 aromatic rings. The summed E-state index contributed by atoms with van der Waals surface area (Å²) < 4.78 is 13.5. The van der Waals surface area contributed by atoms with Gasteiger partial charge in [0.15, 0.2) is 11.5 Å². The van der Waals surface area contributed by atoms with Crippen molar-refractivity contribution in [3.05, 3.63) is 116 Å². The summed E-state index contributed by atoms with van der Waals surface area (Å²) in [7, 11) is 0. The lowest BCUT2D eigenvalue weighted by atomic mass is 9.87. The summed E-state index contributed by atoms with van der Waals surface area (Å²) in [6, 6.07) is 8.24. The predicted octanol–water partition coefficient (Wildman–Crippen LogP) is 16.2. The number of benzene rings is 2. The number of ether oxygens (including phenoxy) is 2. The van der Waals surface area contributed by atoms with Crippen molar-refractivity contribution in [3.8, 4) is 23.0 Å². The maximum atomic E-state index is 6.73. The van der Waals surface area contributed by atoms with Gasteiger partial charge in [-0.1, -0.05) is 69.9 Å². The number of fused-ring (bicyclic) bond motifs is 2. The number of rotatable bonds is 21. The third kappa shape index (κ3) is 15.7. The SMILES string of the molecule is CC(C)=CCC/C(C)=C/CC/C(C)=C/CC[C@]1(C)CCc2cc(OOc3cc(C)c4c(c3)CC[C@@](C)(CC/C=C(\C)CC/C=C(\C)CCC=C(C)C)O4)cc(C)c2O1. The van der Waals surface area contributed by atoms with Crippen molar-refractivity contribution >= 4 is 0 Å². The fraction of sp³-hybridized carbons (Fsp3) is 0.556. The van der Waals surface area contributed by atoms with Crippen LogP contribution in [0.4, 0.5) is 0 Å². The minimum absolute atomic E-state index is 0.175. The van der Waals surface area contributed by atoms with Crippen molar-refractivity contribution in [2.24, 2.45) is 0 Å². The van der Waals surface area contributed by atoms with Gasteiger partial charge in [0, 0.05) is 0 Å². The van der Waals surface area contributed by atoms with Gasteiger partial charge >= 0.3 is 0 Å². The molecule has 0 N–H and O–H groups in total. The molecule has 318 valence electrons. The van der Waals surface area contributed by atoms with Crippen LogP contribution in [0.2, 0.25) is 0 Å². The van der Waals surface area contributed by atoms with Crippen molar-refractivity contribution in [1.82, 2.24) is 0 Å². The van der Waals surface area contributed by atoms with Crippen molar-refractivity contribution < 1.29 is 19.2 Å². The highest BCUT2D eigenvalue weighted by Crippen LogP contribution is 2.42. The van der Waals surface area contributed by atoms with Gasteiger partial charge in [0.05, 0.1) is 0 Å². The highest BCUT2D eigenvalue weighted by Gasteiger charge is 2.33. The van der Waals surface area contributed by atoms with E-state index in [1.807, 2.05) is 12.1 Å². The maximum Gasteiger partial charge on any atom is 0.179 e. The van der Waals surface area contributed by atoms with Gasteiger partial charge in [0.25, 0.3) is 0 Å². The Morgan fingerprint density at radius 3 is 1.17 bits per heavy atom. The van der Waals surface area contributed by atoms with Gasteiger partial charge in [-0.2, -0.15) is 0 Å². The molecule has 0 bridgehead atoms. The highest BCUT2D eigenvalue weighted by atomic mass is 17.2. The number of aryl methyl sites for hydroxylation is 4. The predicted molar refractivity (Wildman–Crippen MR) is 248 cm³/mol. The monoisotopic (exact) mass is 791 g/mol. The number of hydrogen-bond acceptors (Lipinski definition) is 4. The Kier molecular flexibility index (Phi) is 18.1. The smallest absolute Gasteiger partial charge is 0.179 e. The van der Waals surface area contributed by atoms with Crippen LogP contribution < -0.4 is 19.2 Å². The van der Waals surface area contributed by atoms with Gasteiger partial charge < -0.3 is 9.47 Å². The quantitative estimate of drug-likeness (QED) is 0.0717. The topological polar surface area (TPSA) is 36.9 Å². The first-order valence-corrected chi connectivity index (χ1v) is 22.4. The second kappa shape index (κ2) is 22.5. The minimum Gasteiger partial charge on any atom is -0.487 e. The molecule has 4 heteroatoms. The van der Waals surface area contributed by atoms with Crippen LogP contribution in [0.15, 0.2) is 94.2 Å². The average Bonchev–Trinajstić information content (AvgIpc) is 3.14. The molecule has 0 fully saturated rings. The highest BCUT2D eigenvalue weighted by molar-refractivity contribution is 5.50. The summed E-state index contributed by atoms with van der Waals surface area (Å²) in [4.78, 5) is 11.9. The summed E-state index contributed by atoms with van der Waals surface area (Å²) in [6.07, 6.45) is 31.4. The summed E-state index contributed by atoms with van der Waals surface area (Å²) >= 11 is 0. The maximum absolute atomic E-state index is 6.73. The fourth-order valence-corrected chi connectivity index (χ4v) is 8.15. The summed E-state index contributed by atoms with van der Waals surface area (Å²) in [5.74, 6) is 3.41. The van der Waals surface area contributed by atoms with E-state index in [-0.39, 0.29) is 11.2 Å². The Bertz CT molecular complexity index is 1720. The molecule has 2 aliphatic heterocycles. The molecule has 0 spiro atoms. The van der Waals surface area contributed by atoms with Crippen molar-refractivity contribution in [1.29, 1.82) is 0 Å². The van der Waals surface area contributed by atoms with E-state index in [0.29, 0.717) is 11.5 Å². The van der Waals surface area contributed by atoms with Gasteiger partial charge in [-0.05, 0) is 232 Å². The molecule has 0 unspecified atom stereocenters. The zero-order valence-electron chi connectivity index (χ0n) is 38.7. The lowest BCUT2D eigenvalue weighted by molar-refractivity contribution is -0.100. The van der Waals surface area contributed by atoms with Crippen LogP contribution in [-0.2, 0) is 12.8 Å². The van der Waals surface area contributed by atoms with Crippen LogP contribution in [0.25, 0.3) is 0 Å². The van der Waals surface area contributed by atoms with E-state index < -0.39 is 0 Å². The summed E-state index contributed by atoms with van der Waals surface area (Å²) in [5, 5.41) is 0. The van der Waals surface area contributed by atoms with Gasteiger partial charge in [-0.15, -0.1) is 0 Å². The van der Waals surface area contributed by atoms with E-state index in [2.05, 4.69) is 132 Å². The Morgan fingerprint density at radius 1 is 0.500 bits per heavy atom. The molecule has 2 aromatic carbocycles. The van der Waals surface area contributed by atoms with Crippen LogP contribution in [0.1, 0.15) is 181 Å². The average molecular weight is 791 g/mol. The number of hydrogen-bond donors (Lipinski definition) is 0. The molecule has 0 amide bonds. The Balaban J connectivity index is 1.24. The van der Waals surface area contributed by atoms with Crippen LogP contribution in [0.3, 0.4) is 0 Å². The van der Waals surface area contributed by atoms with Crippen LogP contribution in [-0.4, -0.2) is 11.2 Å². The second-order valence-electron chi connectivity index (χ2n) is 18.7. The molecule has 2 atom stereocenters. The summed E-state index contributed by atoms with van der Waals surface area (Å²) in [5.41, 5.74) is 12.9. The Labute approximate surface area is 354 Å². The van der Waals surface area contributed by atoms with E-state index in [1.165, 1.54) is 44.6 Å².